The smallest absolute Gasteiger partial charge is 0.436 e. The second-order valence-corrected chi connectivity index (χ2v) is 5.32. The van der Waals surface area contributed by atoms with Crippen LogP contribution in [-0.2, 0) is 4.74 Å². The highest BCUT2D eigenvalue weighted by atomic mass is 32.2. The van der Waals surface area contributed by atoms with Crippen LogP contribution in [0.25, 0.3) is 0 Å². The van der Waals surface area contributed by atoms with Gasteiger partial charge in [0, 0.05) is 9.79 Å². The van der Waals surface area contributed by atoms with Gasteiger partial charge in [-0.15, -0.1) is 4.99 Å². The number of aliphatic imine (C=N–C) groups is 1. The van der Waals surface area contributed by atoms with Crippen molar-refractivity contribution in [2.75, 3.05) is 7.11 Å². The number of rotatable bonds is 2. The summed E-state index contributed by atoms with van der Waals surface area (Å²) in [6.45, 7) is 0. The Kier molecular flexibility index (Phi) is 3.79. The molecule has 6 heteroatoms. The third-order valence-electron chi connectivity index (χ3n) is 2.73. The lowest BCUT2D eigenvalue weighted by Gasteiger charge is -1.99. The van der Waals surface area contributed by atoms with Gasteiger partial charge in [0.15, 0.2) is 0 Å². The molecule has 104 valence electrons. The molecule has 1 amide bonds. The van der Waals surface area contributed by atoms with Crippen molar-refractivity contribution in [3.05, 3.63) is 59.2 Å². The maximum Gasteiger partial charge on any atom is 0.436 e. The van der Waals surface area contributed by atoms with E-state index in [1.54, 1.807) is 11.8 Å². The summed E-state index contributed by atoms with van der Waals surface area (Å²) in [5.74, 6) is 0.124. The van der Waals surface area contributed by atoms with E-state index in [4.69, 9.17) is 0 Å². The Balaban J connectivity index is 1.90. The van der Waals surface area contributed by atoms with Crippen LogP contribution in [0.1, 0.15) is 0 Å². The highest BCUT2D eigenvalue weighted by Crippen LogP contribution is 2.25. The number of benzene rings is 2. The van der Waals surface area contributed by atoms with E-state index >= 15 is 0 Å². The van der Waals surface area contributed by atoms with Crippen molar-refractivity contribution in [2.24, 2.45) is 15.0 Å². The largest absolute Gasteiger partial charge is 0.451 e. The zero-order valence-electron chi connectivity index (χ0n) is 11.2. The van der Waals surface area contributed by atoms with Crippen LogP contribution < -0.4 is 10.7 Å². The summed E-state index contributed by atoms with van der Waals surface area (Å²) in [6, 6.07) is 15.8. The number of nitrogens with zero attached hydrogens (tertiary/aromatic N) is 3. The van der Waals surface area contributed by atoms with Gasteiger partial charge in [-0.2, -0.15) is 0 Å². The van der Waals surface area contributed by atoms with Crippen molar-refractivity contribution >= 4 is 23.8 Å². The Morgan fingerprint density at radius 2 is 1.81 bits per heavy atom. The third kappa shape index (κ3) is 3.17. The first-order valence-electron chi connectivity index (χ1n) is 6.22. The Hall–Kier alpha value is -2.47. The molecule has 2 aromatic carbocycles. The van der Waals surface area contributed by atoms with Crippen molar-refractivity contribution < 1.29 is 9.53 Å². The molecule has 0 bridgehead atoms. The molecule has 1 aliphatic rings. The van der Waals surface area contributed by atoms with E-state index in [0.29, 0.717) is 10.7 Å². The second kappa shape index (κ2) is 5.88. The average molecular weight is 297 g/mol. The fourth-order valence-corrected chi connectivity index (χ4v) is 2.67. The van der Waals surface area contributed by atoms with E-state index in [0.717, 1.165) is 9.79 Å². The number of carbonyl (C=O) groups excluding carboxylic acids is 1. The minimum absolute atomic E-state index is 0.124. The van der Waals surface area contributed by atoms with Crippen molar-refractivity contribution in [2.45, 2.75) is 9.79 Å². The molecule has 0 radical (unpaired) electrons. The number of carbonyl (C=O) groups is 1. The number of fused-ring (bicyclic) bond motifs is 1. The zero-order valence-corrected chi connectivity index (χ0v) is 12.0. The molecule has 0 unspecified atom stereocenters. The van der Waals surface area contributed by atoms with E-state index in [9.17, 15) is 4.79 Å². The maximum atomic E-state index is 11.1. The molecule has 0 saturated carbocycles. The quantitative estimate of drug-likeness (QED) is 0.853. The Morgan fingerprint density at radius 3 is 2.57 bits per heavy atom. The first kappa shape index (κ1) is 13.5. The second-order valence-electron chi connectivity index (χ2n) is 4.17. The van der Waals surface area contributed by atoms with E-state index in [-0.39, 0.29) is 5.96 Å². The van der Waals surface area contributed by atoms with Crippen LogP contribution in [0.5, 0.6) is 0 Å². The Morgan fingerprint density at radius 1 is 1.05 bits per heavy atom. The average Bonchev–Trinajstić information content (AvgIpc) is 2.89. The molecular weight excluding hydrogens is 286 g/mol. The number of hydrogen-bond donors (Lipinski definition) is 0. The summed E-state index contributed by atoms with van der Waals surface area (Å²) >= 11 is 1.64. The van der Waals surface area contributed by atoms with Crippen LogP contribution in [0.15, 0.2) is 73.3 Å². The van der Waals surface area contributed by atoms with Gasteiger partial charge in [-0.05, 0) is 30.3 Å². The standard InChI is InChI=1S/C15H11N3O2S/c1-20-15(19)18-14-16-12-8-7-11(9-13(12)17-14)21-10-5-3-2-4-6-10/h2-9H,1H3. The molecule has 0 N–H and O–H groups in total. The monoisotopic (exact) mass is 297 g/mol. The normalized spacial score (nSPS) is 14.2. The SMILES string of the molecule is COC(=O)N=C1N=c2ccc(Sc3ccccc3)cc2=N1. The lowest BCUT2D eigenvalue weighted by Crippen LogP contribution is -2.20. The Bertz CT molecular complexity index is 832. The van der Waals surface area contributed by atoms with Gasteiger partial charge in [0.05, 0.1) is 17.8 Å². The fraction of sp³-hybridized carbons (Fsp3) is 0.0667. The molecule has 0 saturated heterocycles. The summed E-state index contributed by atoms with van der Waals surface area (Å²) in [5, 5.41) is 1.41. The summed E-state index contributed by atoms with van der Waals surface area (Å²) in [5.41, 5.74) is 0. The third-order valence-corrected chi connectivity index (χ3v) is 3.73. The molecule has 21 heavy (non-hydrogen) atoms. The lowest BCUT2D eigenvalue weighted by atomic mass is 10.3. The van der Waals surface area contributed by atoms with Crippen LogP contribution in [0.4, 0.5) is 4.79 Å². The van der Waals surface area contributed by atoms with Crippen LogP contribution in [0.3, 0.4) is 0 Å². The van der Waals surface area contributed by atoms with Crippen molar-refractivity contribution in [3.63, 3.8) is 0 Å². The molecule has 0 aliphatic carbocycles. The summed E-state index contributed by atoms with van der Waals surface area (Å²) in [7, 11) is 1.27. The zero-order chi connectivity index (χ0) is 14.7. The highest BCUT2D eigenvalue weighted by Gasteiger charge is 2.08. The van der Waals surface area contributed by atoms with E-state index in [1.807, 2.05) is 48.5 Å². The van der Waals surface area contributed by atoms with Crippen molar-refractivity contribution in [1.29, 1.82) is 0 Å². The Labute approximate surface area is 125 Å². The van der Waals surface area contributed by atoms with Gasteiger partial charge in [-0.3, -0.25) is 0 Å². The van der Waals surface area contributed by atoms with E-state index < -0.39 is 6.09 Å². The predicted octanol–water partition coefficient (Wildman–Crippen LogP) is 2.21. The van der Waals surface area contributed by atoms with Gasteiger partial charge in [0.1, 0.15) is 0 Å². The number of guanidine groups is 1. The van der Waals surface area contributed by atoms with E-state index in [2.05, 4.69) is 19.7 Å². The van der Waals surface area contributed by atoms with Gasteiger partial charge in [-0.25, -0.2) is 14.8 Å². The molecule has 5 nitrogen and oxygen atoms in total. The van der Waals surface area contributed by atoms with E-state index in [1.165, 1.54) is 7.11 Å². The maximum absolute atomic E-state index is 11.1. The fourth-order valence-electron chi connectivity index (χ4n) is 1.79. The lowest BCUT2D eigenvalue weighted by molar-refractivity contribution is 0.182. The summed E-state index contributed by atoms with van der Waals surface area (Å²) in [6.07, 6.45) is -0.704. The van der Waals surface area contributed by atoms with Crippen molar-refractivity contribution in [3.8, 4) is 0 Å². The number of hydrogen-bond acceptors (Lipinski definition) is 3. The van der Waals surface area contributed by atoms with Crippen LogP contribution >= 0.6 is 11.8 Å². The summed E-state index contributed by atoms with van der Waals surface area (Å²) in [4.78, 5) is 25.3. The minimum Gasteiger partial charge on any atom is -0.451 e. The highest BCUT2D eigenvalue weighted by molar-refractivity contribution is 7.99. The van der Waals surface area contributed by atoms with Crippen LogP contribution in [0, 0.1) is 0 Å². The van der Waals surface area contributed by atoms with Gasteiger partial charge >= 0.3 is 6.09 Å². The first-order chi connectivity index (χ1) is 10.2. The van der Waals surface area contributed by atoms with Gasteiger partial charge in [0.25, 0.3) is 5.96 Å². The molecule has 0 atom stereocenters. The molecule has 0 aromatic heterocycles. The minimum atomic E-state index is -0.704. The van der Waals surface area contributed by atoms with Crippen LogP contribution in [-0.4, -0.2) is 19.2 Å². The molecule has 0 fully saturated rings. The van der Waals surface area contributed by atoms with Gasteiger partial charge in [0.2, 0.25) is 0 Å². The van der Waals surface area contributed by atoms with Gasteiger partial charge < -0.3 is 4.74 Å². The topological polar surface area (TPSA) is 63.4 Å². The first-order valence-corrected chi connectivity index (χ1v) is 7.03. The van der Waals surface area contributed by atoms with Crippen molar-refractivity contribution in [1.82, 2.24) is 0 Å². The van der Waals surface area contributed by atoms with Gasteiger partial charge in [-0.1, -0.05) is 30.0 Å². The molecule has 3 rings (SSSR count). The molecular formula is C15H11N3O2S. The molecule has 0 spiro atoms. The molecule has 1 heterocycles. The molecule has 2 aromatic rings. The predicted molar refractivity (Wildman–Crippen MR) is 79.2 cm³/mol. The number of ether oxygens (including phenoxy) is 1. The molecule has 1 aliphatic heterocycles. The number of methoxy groups -OCH3 is 1. The summed E-state index contributed by atoms with van der Waals surface area (Å²) < 4.78 is 4.46. The number of amides is 1. The van der Waals surface area contributed by atoms with Crippen LogP contribution in [0.2, 0.25) is 0 Å².